The smallest absolute Gasteiger partial charge is 0.255 e. The number of benzene rings is 1. The number of carbonyl (C=O) groups excluding carboxylic acids is 1. The van der Waals surface area contributed by atoms with E-state index in [1.807, 2.05) is 0 Å². The molecule has 0 bridgehead atoms. The van der Waals surface area contributed by atoms with Crippen molar-refractivity contribution in [3.63, 3.8) is 0 Å². The number of hydrogen-bond acceptors (Lipinski definition) is 3. The molecule has 92 valence electrons. The quantitative estimate of drug-likeness (QED) is 0.819. The van der Waals surface area contributed by atoms with Crippen molar-refractivity contribution in [2.75, 3.05) is 13.1 Å². The summed E-state index contributed by atoms with van der Waals surface area (Å²) < 4.78 is 0.641. The molecule has 1 aliphatic heterocycles. The Kier molecular flexibility index (Phi) is 3.73. The topological polar surface area (TPSA) is 60.8 Å². The number of β-amino-alcohol motifs (C(OH)–C–C–N with tert-alkyl or cyclic N) is 2. The molecule has 1 heterocycles. The molecule has 1 aliphatic rings. The van der Waals surface area contributed by atoms with Crippen molar-refractivity contribution in [3.05, 3.63) is 33.3 Å². The summed E-state index contributed by atoms with van der Waals surface area (Å²) in [5.74, 6) is -0.255. The molecule has 0 spiro atoms. The first kappa shape index (κ1) is 12.8. The average Bonchev–Trinajstić information content (AvgIpc) is 2.62. The molecule has 1 saturated heterocycles. The van der Waals surface area contributed by atoms with E-state index in [9.17, 15) is 15.0 Å². The van der Waals surface area contributed by atoms with Gasteiger partial charge < -0.3 is 15.1 Å². The van der Waals surface area contributed by atoms with Crippen molar-refractivity contribution in [2.45, 2.75) is 12.2 Å². The van der Waals surface area contributed by atoms with E-state index in [0.29, 0.717) is 15.1 Å². The number of hydrogen-bond donors (Lipinski definition) is 2. The minimum atomic E-state index is -0.878. The minimum Gasteiger partial charge on any atom is -0.388 e. The molecule has 17 heavy (non-hydrogen) atoms. The van der Waals surface area contributed by atoms with Crippen LogP contribution in [0.5, 0.6) is 0 Å². The van der Waals surface area contributed by atoms with Gasteiger partial charge in [-0.3, -0.25) is 4.79 Å². The first-order chi connectivity index (χ1) is 7.99. The standard InChI is InChI=1S/C11H11BrClNO3/c12-8-2-1-6(13)3-7(8)11(17)14-4-9(15)10(16)5-14/h1-3,9-10,15-16H,4-5H2/t9-,10+. The molecule has 0 radical (unpaired) electrons. The summed E-state index contributed by atoms with van der Waals surface area (Å²) in [7, 11) is 0. The summed E-state index contributed by atoms with van der Waals surface area (Å²) in [6.45, 7) is 0.276. The largest absolute Gasteiger partial charge is 0.388 e. The van der Waals surface area contributed by atoms with Gasteiger partial charge >= 0.3 is 0 Å². The maximum Gasteiger partial charge on any atom is 0.255 e. The highest BCUT2D eigenvalue weighted by Gasteiger charge is 2.33. The Morgan fingerprint density at radius 1 is 1.35 bits per heavy atom. The maximum absolute atomic E-state index is 12.1. The van der Waals surface area contributed by atoms with Gasteiger partial charge in [0.25, 0.3) is 5.91 Å². The summed E-state index contributed by atoms with van der Waals surface area (Å²) in [6.07, 6.45) is -1.76. The summed E-state index contributed by atoms with van der Waals surface area (Å²) in [6, 6.07) is 4.93. The number of aliphatic hydroxyl groups excluding tert-OH is 2. The Morgan fingerprint density at radius 3 is 2.53 bits per heavy atom. The second-order valence-corrected chi connectivity index (χ2v) is 5.26. The predicted molar refractivity (Wildman–Crippen MR) is 67.1 cm³/mol. The van der Waals surface area contributed by atoms with Crippen LogP contribution in [-0.2, 0) is 0 Å². The molecule has 6 heteroatoms. The Morgan fingerprint density at radius 2 is 1.94 bits per heavy atom. The van der Waals surface area contributed by atoms with Crippen LogP contribution in [0.1, 0.15) is 10.4 Å². The monoisotopic (exact) mass is 319 g/mol. The van der Waals surface area contributed by atoms with Gasteiger partial charge in [-0.05, 0) is 34.1 Å². The van der Waals surface area contributed by atoms with Crippen molar-refractivity contribution >= 4 is 33.4 Å². The highest BCUT2D eigenvalue weighted by Crippen LogP contribution is 2.24. The van der Waals surface area contributed by atoms with Crippen molar-refractivity contribution in [1.29, 1.82) is 0 Å². The predicted octanol–water partition coefficient (Wildman–Crippen LogP) is 1.28. The van der Waals surface area contributed by atoms with Crippen LogP contribution in [0.15, 0.2) is 22.7 Å². The Labute approximate surface area is 112 Å². The van der Waals surface area contributed by atoms with Crippen molar-refractivity contribution in [1.82, 2.24) is 4.90 Å². The van der Waals surface area contributed by atoms with Crippen molar-refractivity contribution in [2.24, 2.45) is 0 Å². The van der Waals surface area contributed by atoms with Gasteiger partial charge in [-0.15, -0.1) is 0 Å². The van der Waals surface area contributed by atoms with Gasteiger partial charge in [-0.1, -0.05) is 11.6 Å². The molecular formula is C11H11BrClNO3. The van der Waals surface area contributed by atoms with E-state index in [-0.39, 0.29) is 19.0 Å². The van der Waals surface area contributed by atoms with Crippen LogP contribution in [0.4, 0.5) is 0 Å². The first-order valence-corrected chi connectivity index (χ1v) is 6.26. The van der Waals surface area contributed by atoms with Gasteiger partial charge in [0, 0.05) is 22.6 Å². The van der Waals surface area contributed by atoms with Crippen LogP contribution < -0.4 is 0 Å². The molecule has 2 N–H and O–H groups in total. The molecule has 1 aromatic carbocycles. The molecule has 0 aliphatic carbocycles. The number of aliphatic hydroxyl groups is 2. The molecular weight excluding hydrogens is 309 g/mol. The number of rotatable bonds is 1. The van der Waals surface area contributed by atoms with E-state index >= 15 is 0 Å². The maximum atomic E-state index is 12.1. The molecule has 1 aromatic rings. The molecule has 1 fully saturated rings. The van der Waals surface area contributed by atoms with Gasteiger partial charge in [0.15, 0.2) is 0 Å². The van der Waals surface area contributed by atoms with Crippen LogP contribution in [-0.4, -0.2) is 46.3 Å². The second-order valence-electron chi connectivity index (χ2n) is 3.97. The lowest BCUT2D eigenvalue weighted by Crippen LogP contribution is -2.30. The average molecular weight is 321 g/mol. The molecule has 0 saturated carbocycles. The fourth-order valence-corrected chi connectivity index (χ4v) is 2.36. The number of nitrogens with zero attached hydrogens (tertiary/aromatic N) is 1. The van der Waals surface area contributed by atoms with E-state index in [0.717, 1.165) is 0 Å². The fraction of sp³-hybridized carbons (Fsp3) is 0.364. The zero-order valence-corrected chi connectivity index (χ0v) is 11.1. The van der Waals surface area contributed by atoms with Gasteiger partial charge in [-0.25, -0.2) is 0 Å². The first-order valence-electron chi connectivity index (χ1n) is 5.09. The van der Waals surface area contributed by atoms with Gasteiger partial charge in [0.05, 0.1) is 17.8 Å². The SMILES string of the molecule is O=C(c1cc(Cl)ccc1Br)N1C[C@@H](O)[C@@H](O)C1. The lowest BCUT2D eigenvalue weighted by Gasteiger charge is -2.16. The van der Waals surface area contributed by atoms with E-state index in [4.69, 9.17) is 11.6 Å². The van der Waals surface area contributed by atoms with E-state index in [1.165, 1.54) is 4.90 Å². The highest BCUT2D eigenvalue weighted by atomic mass is 79.9. The Balaban J connectivity index is 2.23. The highest BCUT2D eigenvalue weighted by molar-refractivity contribution is 9.10. The zero-order chi connectivity index (χ0) is 12.6. The van der Waals surface area contributed by atoms with Gasteiger partial charge in [0.1, 0.15) is 0 Å². The molecule has 0 aromatic heterocycles. The molecule has 1 amide bonds. The molecule has 2 atom stereocenters. The number of amides is 1. The Bertz CT molecular complexity index is 444. The number of halogens is 2. The summed E-state index contributed by atoms with van der Waals surface area (Å²) in [5.41, 5.74) is 0.429. The van der Waals surface area contributed by atoms with Crippen LogP contribution in [0.2, 0.25) is 5.02 Å². The number of likely N-dealkylation sites (tertiary alicyclic amines) is 1. The Hall–Kier alpha value is -0.620. The molecule has 2 rings (SSSR count). The van der Waals surface area contributed by atoms with Crippen molar-refractivity contribution < 1.29 is 15.0 Å². The number of carbonyl (C=O) groups is 1. The van der Waals surface area contributed by atoms with Crippen LogP contribution >= 0.6 is 27.5 Å². The second kappa shape index (κ2) is 4.94. The third kappa shape index (κ3) is 2.63. The lowest BCUT2D eigenvalue weighted by molar-refractivity contribution is 0.0572. The fourth-order valence-electron chi connectivity index (χ4n) is 1.77. The van der Waals surface area contributed by atoms with Crippen LogP contribution in [0.25, 0.3) is 0 Å². The minimum absolute atomic E-state index is 0.138. The summed E-state index contributed by atoms with van der Waals surface area (Å²) >= 11 is 9.11. The summed E-state index contributed by atoms with van der Waals surface area (Å²) in [5, 5.41) is 19.3. The van der Waals surface area contributed by atoms with E-state index in [1.54, 1.807) is 18.2 Å². The lowest BCUT2D eigenvalue weighted by atomic mass is 10.2. The van der Waals surface area contributed by atoms with Gasteiger partial charge in [0.2, 0.25) is 0 Å². The molecule has 4 nitrogen and oxygen atoms in total. The van der Waals surface area contributed by atoms with Crippen LogP contribution in [0.3, 0.4) is 0 Å². The van der Waals surface area contributed by atoms with E-state index < -0.39 is 12.2 Å². The van der Waals surface area contributed by atoms with Crippen molar-refractivity contribution in [3.8, 4) is 0 Å². The zero-order valence-electron chi connectivity index (χ0n) is 8.81. The molecule has 0 unspecified atom stereocenters. The third-order valence-electron chi connectivity index (χ3n) is 2.71. The van der Waals surface area contributed by atoms with Gasteiger partial charge in [-0.2, -0.15) is 0 Å². The summed E-state index contributed by atoms with van der Waals surface area (Å²) in [4.78, 5) is 13.5. The van der Waals surface area contributed by atoms with E-state index in [2.05, 4.69) is 15.9 Å². The van der Waals surface area contributed by atoms with Crippen LogP contribution in [0, 0.1) is 0 Å². The normalized spacial score (nSPS) is 24.1. The third-order valence-corrected chi connectivity index (χ3v) is 3.63.